The zero-order chi connectivity index (χ0) is 7.14. The van der Waals surface area contributed by atoms with Crippen LogP contribution in [0.25, 0.3) is 0 Å². The van der Waals surface area contributed by atoms with Crippen LogP contribution in [0.2, 0.25) is 0 Å². The van der Waals surface area contributed by atoms with Gasteiger partial charge in [0.1, 0.15) is 6.04 Å². The van der Waals surface area contributed by atoms with Crippen LogP contribution in [0, 0.1) is 5.92 Å². The van der Waals surface area contributed by atoms with E-state index in [0.717, 1.165) is 18.8 Å². The monoisotopic (exact) mass is 141 g/mol. The lowest BCUT2D eigenvalue weighted by molar-refractivity contribution is -0.140. The number of carboxylic acids is 1. The first-order chi connectivity index (χ1) is 4.77. The summed E-state index contributed by atoms with van der Waals surface area (Å²) in [6.45, 7) is 0. The van der Waals surface area contributed by atoms with Gasteiger partial charge >= 0.3 is 5.97 Å². The Bertz CT molecular complexity index is 169. The van der Waals surface area contributed by atoms with Gasteiger partial charge in [0.05, 0.1) is 0 Å². The quantitative estimate of drug-likeness (QED) is 0.549. The molecule has 1 saturated carbocycles. The van der Waals surface area contributed by atoms with Gasteiger partial charge in [-0.25, -0.2) is 0 Å². The molecule has 3 atom stereocenters. The lowest BCUT2D eigenvalue weighted by Crippen LogP contribution is -2.41. The van der Waals surface area contributed by atoms with Crippen LogP contribution >= 0.6 is 0 Å². The Morgan fingerprint density at radius 3 is 2.90 bits per heavy atom. The molecule has 1 aliphatic carbocycles. The van der Waals surface area contributed by atoms with Crippen molar-refractivity contribution in [3.63, 3.8) is 0 Å². The third-order valence-corrected chi connectivity index (χ3v) is 2.46. The summed E-state index contributed by atoms with van der Waals surface area (Å²) in [6, 6.07) is 0.276. The highest BCUT2D eigenvalue weighted by Gasteiger charge is 2.43. The standard InChI is InChI=1S/C7H11NO2/c9-7(10)5-2-1-4-3-6(4)8-5/h4-6,8H,1-3H2,(H,9,10)/t4?,5-,6?/m0/s1. The number of hydrogen-bond acceptors (Lipinski definition) is 2. The summed E-state index contributed by atoms with van der Waals surface area (Å²) >= 11 is 0. The highest BCUT2D eigenvalue weighted by Crippen LogP contribution is 2.38. The fourth-order valence-corrected chi connectivity index (χ4v) is 1.69. The Balaban J connectivity index is 1.94. The summed E-state index contributed by atoms with van der Waals surface area (Å²) in [4.78, 5) is 10.5. The number of rotatable bonds is 1. The maximum atomic E-state index is 10.5. The van der Waals surface area contributed by atoms with Crippen molar-refractivity contribution in [2.24, 2.45) is 5.92 Å². The zero-order valence-corrected chi connectivity index (χ0v) is 5.71. The van der Waals surface area contributed by atoms with Gasteiger partial charge in [-0.05, 0) is 25.2 Å². The molecule has 0 aromatic rings. The van der Waals surface area contributed by atoms with Crippen LogP contribution in [0.1, 0.15) is 19.3 Å². The van der Waals surface area contributed by atoms with Crippen LogP contribution in [0.15, 0.2) is 0 Å². The molecule has 3 heteroatoms. The van der Waals surface area contributed by atoms with Crippen LogP contribution in [-0.4, -0.2) is 23.2 Å². The number of hydrogen-bond donors (Lipinski definition) is 2. The van der Waals surface area contributed by atoms with Gasteiger partial charge in [-0.15, -0.1) is 0 Å². The Morgan fingerprint density at radius 1 is 1.50 bits per heavy atom. The minimum atomic E-state index is -0.689. The zero-order valence-electron chi connectivity index (χ0n) is 5.71. The normalized spacial score (nSPS) is 44.2. The molecule has 1 aliphatic heterocycles. The van der Waals surface area contributed by atoms with E-state index in [-0.39, 0.29) is 6.04 Å². The summed E-state index contributed by atoms with van der Waals surface area (Å²) in [7, 11) is 0. The molecule has 2 rings (SSSR count). The Labute approximate surface area is 59.4 Å². The van der Waals surface area contributed by atoms with Gasteiger partial charge in [0.15, 0.2) is 0 Å². The Morgan fingerprint density at radius 2 is 2.30 bits per heavy atom. The smallest absolute Gasteiger partial charge is 0.320 e. The second kappa shape index (κ2) is 1.95. The topological polar surface area (TPSA) is 49.3 Å². The molecule has 0 bridgehead atoms. The summed E-state index contributed by atoms with van der Waals surface area (Å²) in [5.74, 6) is 0.112. The second-order valence-electron chi connectivity index (χ2n) is 3.24. The maximum absolute atomic E-state index is 10.5. The van der Waals surface area contributed by atoms with Crippen molar-refractivity contribution in [3.8, 4) is 0 Å². The number of piperidine rings is 1. The molecule has 2 fully saturated rings. The van der Waals surface area contributed by atoms with E-state index < -0.39 is 5.97 Å². The van der Waals surface area contributed by atoms with Crippen LogP contribution in [-0.2, 0) is 4.79 Å². The van der Waals surface area contributed by atoms with E-state index in [9.17, 15) is 4.79 Å². The van der Waals surface area contributed by atoms with E-state index in [1.807, 2.05) is 0 Å². The van der Waals surface area contributed by atoms with Crippen molar-refractivity contribution in [3.05, 3.63) is 0 Å². The molecule has 3 nitrogen and oxygen atoms in total. The molecule has 2 N–H and O–H groups in total. The molecule has 1 heterocycles. The number of carbonyl (C=O) groups is 1. The summed E-state index contributed by atoms with van der Waals surface area (Å²) in [6.07, 6.45) is 3.12. The molecule has 0 spiro atoms. The highest BCUT2D eigenvalue weighted by molar-refractivity contribution is 5.73. The van der Waals surface area contributed by atoms with Gasteiger partial charge in [-0.2, -0.15) is 0 Å². The summed E-state index contributed by atoms with van der Waals surface area (Å²) < 4.78 is 0. The largest absolute Gasteiger partial charge is 0.480 e. The number of fused-ring (bicyclic) bond motifs is 1. The first kappa shape index (κ1) is 6.16. The van der Waals surface area contributed by atoms with Crippen LogP contribution in [0.3, 0.4) is 0 Å². The molecule has 0 aromatic heterocycles. The molecular formula is C7H11NO2. The third kappa shape index (κ3) is 0.904. The first-order valence-electron chi connectivity index (χ1n) is 3.76. The van der Waals surface area contributed by atoms with Crippen LogP contribution in [0.5, 0.6) is 0 Å². The van der Waals surface area contributed by atoms with E-state index in [0.29, 0.717) is 6.04 Å². The van der Waals surface area contributed by atoms with E-state index >= 15 is 0 Å². The van der Waals surface area contributed by atoms with E-state index in [1.54, 1.807) is 0 Å². The lowest BCUT2D eigenvalue weighted by atomic mass is 10.1. The molecule has 0 amide bonds. The number of carboxylic acid groups (broad SMARTS) is 1. The Kier molecular flexibility index (Phi) is 1.20. The van der Waals surface area contributed by atoms with Gasteiger partial charge in [0.25, 0.3) is 0 Å². The van der Waals surface area contributed by atoms with Crippen molar-refractivity contribution in [1.82, 2.24) is 5.32 Å². The van der Waals surface area contributed by atoms with Gasteiger partial charge in [0, 0.05) is 6.04 Å². The second-order valence-corrected chi connectivity index (χ2v) is 3.24. The van der Waals surface area contributed by atoms with E-state index in [2.05, 4.69) is 5.32 Å². The number of aliphatic carboxylic acids is 1. The first-order valence-corrected chi connectivity index (χ1v) is 3.76. The minimum Gasteiger partial charge on any atom is -0.480 e. The molecule has 0 radical (unpaired) electrons. The van der Waals surface area contributed by atoms with Gasteiger partial charge in [-0.3, -0.25) is 4.79 Å². The van der Waals surface area contributed by atoms with E-state index in [1.165, 1.54) is 6.42 Å². The molecule has 56 valence electrons. The van der Waals surface area contributed by atoms with E-state index in [4.69, 9.17) is 5.11 Å². The SMILES string of the molecule is O=C(O)[C@@H]1CCC2CC2N1. The van der Waals surface area contributed by atoms with Crippen molar-refractivity contribution in [1.29, 1.82) is 0 Å². The molecule has 2 unspecified atom stereocenters. The predicted molar refractivity (Wildman–Crippen MR) is 35.7 cm³/mol. The number of nitrogens with one attached hydrogen (secondary N) is 1. The average molecular weight is 141 g/mol. The fraction of sp³-hybridized carbons (Fsp3) is 0.857. The molecule has 2 aliphatic rings. The predicted octanol–water partition coefficient (Wildman–Crippen LogP) is 0.212. The van der Waals surface area contributed by atoms with Gasteiger partial charge in [-0.1, -0.05) is 0 Å². The summed E-state index contributed by atoms with van der Waals surface area (Å²) in [5.41, 5.74) is 0. The molecule has 0 aromatic carbocycles. The van der Waals surface area contributed by atoms with Gasteiger partial charge < -0.3 is 10.4 Å². The van der Waals surface area contributed by atoms with Crippen LogP contribution < -0.4 is 5.32 Å². The maximum Gasteiger partial charge on any atom is 0.320 e. The molecule has 1 saturated heterocycles. The van der Waals surface area contributed by atoms with Crippen molar-refractivity contribution in [2.45, 2.75) is 31.3 Å². The van der Waals surface area contributed by atoms with Crippen molar-refractivity contribution < 1.29 is 9.90 Å². The van der Waals surface area contributed by atoms with Crippen LogP contribution in [0.4, 0.5) is 0 Å². The van der Waals surface area contributed by atoms with Crippen molar-refractivity contribution in [2.75, 3.05) is 0 Å². The fourth-order valence-electron chi connectivity index (χ4n) is 1.69. The summed E-state index contributed by atoms with van der Waals surface area (Å²) in [5, 5.41) is 11.7. The highest BCUT2D eigenvalue weighted by atomic mass is 16.4. The average Bonchev–Trinajstić information content (AvgIpc) is 2.63. The van der Waals surface area contributed by atoms with Crippen molar-refractivity contribution >= 4 is 5.97 Å². The van der Waals surface area contributed by atoms with Gasteiger partial charge in [0.2, 0.25) is 0 Å². The molecular weight excluding hydrogens is 130 g/mol. The third-order valence-electron chi connectivity index (χ3n) is 2.46. The Hall–Kier alpha value is -0.570. The minimum absolute atomic E-state index is 0.260. The lowest BCUT2D eigenvalue weighted by Gasteiger charge is -2.18. The molecule has 10 heavy (non-hydrogen) atoms.